The van der Waals surface area contributed by atoms with Crippen molar-refractivity contribution in [3.63, 3.8) is 0 Å². The molecule has 1 N–H and O–H groups in total. The van der Waals surface area contributed by atoms with Crippen LogP contribution in [-0.4, -0.2) is 44.1 Å². The minimum absolute atomic E-state index is 0.0627. The first kappa shape index (κ1) is 15.3. The second-order valence-electron chi connectivity index (χ2n) is 6.04. The van der Waals surface area contributed by atoms with Crippen molar-refractivity contribution in [2.45, 2.75) is 24.5 Å². The van der Waals surface area contributed by atoms with Crippen LogP contribution < -0.4 is 10.1 Å². The molecule has 1 aliphatic carbocycles. The number of carbonyl (C=O) groups is 1. The lowest BCUT2D eigenvalue weighted by atomic mass is 10.1. The second kappa shape index (κ2) is 4.96. The highest BCUT2D eigenvalue weighted by atomic mass is 32.2. The number of benzene rings is 1. The second-order valence-corrected chi connectivity index (χ2v) is 8.34. The molecule has 120 valence electrons. The Morgan fingerprint density at radius 1 is 1.45 bits per heavy atom. The lowest BCUT2D eigenvalue weighted by Gasteiger charge is -2.29. The van der Waals surface area contributed by atoms with Gasteiger partial charge in [-0.15, -0.1) is 0 Å². The maximum absolute atomic E-state index is 12.7. The summed E-state index contributed by atoms with van der Waals surface area (Å²) in [6.45, 7) is 2.34. The topological polar surface area (TPSA) is 75.7 Å². The van der Waals surface area contributed by atoms with E-state index < -0.39 is 20.7 Å². The van der Waals surface area contributed by atoms with Crippen LogP contribution in [0.25, 0.3) is 0 Å². The van der Waals surface area contributed by atoms with Crippen LogP contribution in [0.15, 0.2) is 18.2 Å². The lowest BCUT2D eigenvalue weighted by molar-refractivity contribution is -0.117. The summed E-state index contributed by atoms with van der Waals surface area (Å²) in [5.41, 5.74) is 1.46. The summed E-state index contributed by atoms with van der Waals surface area (Å²) in [5, 5.41) is 2.79. The summed E-state index contributed by atoms with van der Waals surface area (Å²) in [5.74, 6) is 0.215. The molecule has 1 heterocycles. The number of carbonyl (C=O) groups excluding carboxylic acids is 1. The van der Waals surface area contributed by atoms with Crippen LogP contribution in [0, 0.1) is 12.8 Å². The molecule has 1 saturated carbocycles. The van der Waals surface area contributed by atoms with E-state index in [9.17, 15) is 13.2 Å². The number of sulfonamides is 1. The number of rotatable bonds is 3. The van der Waals surface area contributed by atoms with Gasteiger partial charge in [0.1, 0.15) is 5.75 Å². The average Bonchev–Trinajstić information content (AvgIpc) is 3.22. The Hall–Kier alpha value is -1.60. The molecule has 6 nitrogen and oxygen atoms in total. The fourth-order valence-corrected chi connectivity index (χ4v) is 5.36. The Morgan fingerprint density at radius 3 is 2.82 bits per heavy atom. The fraction of sp³-hybridized carbons (Fsp3) is 0.533. The molecule has 2 atom stereocenters. The summed E-state index contributed by atoms with van der Waals surface area (Å²) >= 11 is 0. The number of ether oxygens (including phenoxy) is 1. The molecule has 2 fully saturated rings. The molecule has 0 unspecified atom stereocenters. The molecule has 1 aromatic carbocycles. The van der Waals surface area contributed by atoms with Gasteiger partial charge in [0.15, 0.2) is 4.75 Å². The molecule has 0 bridgehead atoms. The summed E-state index contributed by atoms with van der Waals surface area (Å²) in [4.78, 5) is 12.7. The van der Waals surface area contributed by atoms with E-state index in [0.29, 0.717) is 24.4 Å². The van der Waals surface area contributed by atoms with Crippen LogP contribution in [0.1, 0.15) is 18.4 Å². The van der Waals surface area contributed by atoms with Gasteiger partial charge in [0, 0.05) is 19.3 Å². The van der Waals surface area contributed by atoms with Crippen molar-refractivity contribution in [3.8, 4) is 5.75 Å². The van der Waals surface area contributed by atoms with Gasteiger partial charge in [0.05, 0.1) is 7.11 Å². The lowest BCUT2D eigenvalue weighted by Crippen LogP contribution is -2.50. The van der Waals surface area contributed by atoms with Crippen molar-refractivity contribution in [3.05, 3.63) is 23.8 Å². The van der Waals surface area contributed by atoms with Crippen molar-refractivity contribution in [2.24, 2.45) is 5.92 Å². The number of aryl methyl sites for hydroxylation is 1. The van der Waals surface area contributed by atoms with Gasteiger partial charge in [0.2, 0.25) is 15.9 Å². The van der Waals surface area contributed by atoms with Gasteiger partial charge in [-0.05, 0) is 49.4 Å². The maximum atomic E-state index is 12.7. The van der Waals surface area contributed by atoms with E-state index in [-0.39, 0.29) is 5.92 Å². The standard InChI is InChI=1S/C15H20N2O4S/c1-10-8-12(21-3)4-5-13(10)16-14(18)15-9-11(15)6-7-17(2)22(15,19)20/h4-5,8,11H,6-7,9H2,1-3H3,(H,16,18)/t11-,15+/m1/s1. The molecule has 0 radical (unpaired) electrons. The molecule has 22 heavy (non-hydrogen) atoms. The van der Waals surface area contributed by atoms with Gasteiger partial charge in [-0.25, -0.2) is 12.7 Å². The quantitative estimate of drug-likeness (QED) is 0.911. The number of nitrogens with one attached hydrogen (secondary N) is 1. The van der Waals surface area contributed by atoms with E-state index in [0.717, 1.165) is 12.0 Å². The van der Waals surface area contributed by atoms with Gasteiger partial charge in [-0.3, -0.25) is 4.79 Å². The predicted octanol–water partition coefficient (Wildman–Crippen LogP) is 1.37. The van der Waals surface area contributed by atoms with E-state index >= 15 is 0 Å². The van der Waals surface area contributed by atoms with Gasteiger partial charge in [-0.2, -0.15) is 0 Å². The van der Waals surface area contributed by atoms with Gasteiger partial charge >= 0.3 is 0 Å². The number of nitrogens with zero attached hydrogens (tertiary/aromatic N) is 1. The minimum atomic E-state index is -3.58. The summed E-state index contributed by atoms with van der Waals surface area (Å²) in [6.07, 6.45) is 1.16. The molecule has 3 rings (SSSR count). The molecular formula is C15H20N2O4S. The molecule has 1 aliphatic heterocycles. The molecule has 0 spiro atoms. The highest BCUT2D eigenvalue weighted by molar-refractivity contribution is 7.91. The number of fused-ring (bicyclic) bond motifs is 1. The third kappa shape index (κ3) is 2.03. The zero-order valence-electron chi connectivity index (χ0n) is 12.9. The molecule has 2 aliphatic rings. The van der Waals surface area contributed by atoms with Crippen LogP contribution in [-0.2, 0) is 14.8 Å². The minimum Gasteiger partial charge on any atom is -0.497 e. The van der Waals surface area contributed by atoms with E-state index in [2.05, 4.69) is 5.32 Å². The van der Waals surface area contributed by atoms with Crippen molar-refractivity contribution in [1.82, 2.24) is 4.31 Å². The maximum Gasteiger partial charge on any atom is 0.247 e. The van der Waals surface area contributed by atoms with Crippen LogP contribution in [0.5, 0.6) is 5.75 Å². The van der Waals surface area contributed by atoms with E-state index in [1.807, 2.05) is 6.92 Å². The summed E-state index contributed by atoms with van der Waals surface area (Å²) in [7, 11) is -0.462. The molecule has 1 aromatic rings. The van der Waals surface area contributed by atoms with Crippen LogP contribution in [0.3, 0.4) is 0 Å². The Bertz CT molecular complexity index is 731. The molecular weight excluding hydrogens is 304 g/mol. The number of hydrogen-bond donors (Lipinski definition) is 1. The van der Waals surface area contributed by atoms with Crippen LogP contribution in [0.2, 0.25) is 0 Å². The number of hydrogen-bond acceptors (Lipinski definition) is 4. The van der Waals surface area contributed by atoms with E-state index in [1.54, 1.807) is 25.3 Å². The van der Waals surface area contributed by atoms with Gasteiger partial charge < -0.3 is 10.1 Å². The van der Waals surface area contributed by atoms with Gasteiger partial charge in [0.25, 0.3) is 0 Å². The van der Waals surface area contributed by atoms with Crippen molar-refractivity contribution < 1.29 is 17.9 Å². The smallest absolute Gasteiger partial charge is 0.247 e. The zero-order chi connectivity index (χ0) is 16.1. The predicted molar refractivity (Wildman–Crippen MR) is 83.4 cm³/mol. The Balaban J connectivity index is 1.87. The zero-order valence-corrected chi connectivity index (χ0v) is 13.7. The summed E-state index contributed by atoms with van der Waals surface area (Å²) in [6, 6.07) is 5.28. The monoisotopic (exact) mass is 324 g/mol. The molecule has 0 aromatic heterocycles. The SMILES string of the molecule is COc1ccc(NC(=O)[C@]23C[C@H]2CCN(C)S3(=O)=O)c(C)c1. The fourth-order valence-electron chi connectivity index (χ4n) is 3.22. The Labute approximate surface area is 130 Å². The molecule has 1 saturated heterocycles. The highest BCUT2D eigenvalue weighted by Gasteiger charge is 2.71. The normalized spacial score (nSPS) is 29.5. The third-order valence-electron chi connectivity index (χ3n) is 4.78. The number of amides is 1. The number of methoxy groups -OCH3 is 1. The Kier molecular flexibility index (Phi) is 3.45. The molecule has 1 amide bonds. The first-order valence-corrected chi connectivity index (χ1v) is 8.69. The van der Waals surface area contributed by atoms with E-state index in [4.69, 9.17) is 4.74 Å². The third-order valence-corrected chi connectivity index (χ3v) is 7.39. The largest absolute Gasteiger partial charge is 0.497 e. The van der Waals surface area contributed by atoms with Gasteiger partial charge in [-0.1, -0.05) is 0 Å². The first-order chi connectivity index (χ1) is 10.3. The van der Waals surface area contributed by atoms with Crippen LogP contribution in [0.4, 0.5) is 5.69 Å². The van der Waals surface area contributed by atoms with Crippen molar-refractivity contribution in [2.75, 3.05) is 26.0 Å². The van der Waals surface area contributed by atoms with Crippen molar-refractivity contribution >= 4 is 21.6 Å². The average molecular weight is 324 g/mol. The van der Waals surface area contributed by atoms with E-state index in [1.165, 1.54) is 11.4 Å². The van der Waals surface area contributed by atoms with Crippen LogP contribution >= 0.6 is 0 Å². The molecule has 7 heteroatoms. The Morgan fingerprint density at radius 2 is 2.18 bits per heavy atom. The number of anilines is 1. The van der Waals surface area contributed by atoms with Crippen molar-refractivity contribution in [1.29, 1.82) is 0 Å². The first-order valence-electron chi connectivity index (χ1n) is 7.25. The summed E-state index contributed by atoms with van der Waals surface area (Å²) < 4.78 is 30.2. The highest BCUT2D eigenvalue weighted by Crippen LogP contribution is 2.56.